The highest BCUT2D eigenvalue weighted by Gasteiger charge is 2.13. The topological polar surface area (TPSA) is 44.5 Å². The number of ether oxygens (including phenoxy) is 2. The highest BCUT2D eigenvalue weighted by molar-refractivity contribution is 5.67. The summed E-state index contributed by atoms with van der Waals surface area (Å²) < 4.78 is 10.7. The van der Waals surface area contributed by atoms with Crippen molar-refractivity contribution in [1.82, 2.24) is 0 Å². The zero-order valence-corrected chi connectivity index (χ0v) is 10.9. The third kappa shape index (κ3) is 2.56. The molecule has 1 atom stereocenters. The first-order valence-electron chi connectivity index (χ1n) is 6.47. The van der Waals surface area contributed by atoms with E-state index in [9.17, 15) is 0 Å². The molecule has 1 aliphatic rings. The zero-order chi connectivity index (χ0) is 13.2. The Morgan fingerprint density at radius 3 is 2.42 bits per heavy atom. The smallest absolute Gasteiger partial charge is 0.231 e. The van der Waals surface area contributed by atoms with E-state index in [4.69, 9.17) is 15.2 Å². The van der Waals surface area contributed by atoms with Crippen molar-refractivity contribution in [3.05, 3.63) is 48.0 Å². The zero-order valence-electron chi connectivity index (χ0n) is 10.9. The molecule has 3 heteroatoms. The predicted molar refractivity (Wildman–Crippen MR) is 75.4 cm³/mol. The standard InChI is InChI=1S/C16H17NO2/c1-11(17)8-12-2-4-13(5-3-12)14-6-7-15-16(9-14)19-10-18-15/h2-7,9,11H,8,10,17H2,1H3. The fourth-order valence-corrected chi connectivity index (χ4v) is 2.28. The highest BCUT2D eigenvalue weighted by Crippen LogP contribution is 2.35. The minimum Gasteiger partial charge on any atom is -0.454 e. The first-order chi connectivity index (χ1) is 9.22. The van der Waals surface area contributed by atoms with Crippen LogP contribution in [0.4, 0.5) is 0 Å². The van der Waals surface area contributed by atoms with E-state index in [1.807, 2.05) is 25.1 Å². The summed E-state index contributed by atoms with van der Waals surface area (Å²) in [5.41, 5.74) is 9.38. The van der Waals surface area contributed by atoms with E-state index in [-0.39, 0.29) is 6.04 Å². The van der Waals surface area contributed by atoms with Crippen LogP contribution in [0.25, 0.3) is 11.1 Å². The summed E-state index contributed by atoms with van der Waals surface area (Å²) in [5, 5.41) is 0. The molecular weight excluding hydrogens is 238 g/mol. The molecular formula is C16H17NO2. The lowest BCUT2D eigenvalue weighted by atomic mass is 10.0. The monoisotopic (exact) mass is 255 g/mol. The van der Waals surface area contributed by atoms with Gasteiger partial charge in [-0.05, 0) is 42.2 Å². The molecule has 2 aromatic rings. The van der Waals surface area contributed by atoms with Crippen LogP contribution in [0.2, 0.25) is 0 Å². The van der Waals surface area contributed by atoms with E-state index in [1.165, 1.54) is 11.1 Å². The summed E-state index contributed by atoms with van der Waals surface area (Å²) in [4.78, 5) is 0. The van der Waals surface area contributed by atoms with Gasteiger partial charge in [0.1, 0.15) is 0 Å². The normalized spacial score (nSPS) is 14.4. The van der Waals surface area contributed by atoms with Crippen LogP contribution in [0, 0.1) is 0 Å². The van der Waals surface area contributed by atoms with E-state index in [0.717, 1.165) is 23.5 Å². The van der Waals surface area contributed by atoms with Gasteiger partial charge < -0.3 is 15.2 Å². The van der Waals surface area contributed by atoms with Gasteiger partial charge in [0, 0.05) is 6.04 Å². The van der Waals surface area contributed by atoms with Crippen molar-refractivity contribution < 1.29 is 9.47 Å². The maximum atomic E-state index is 5.80. The Labute approximate surface area is 113 Å². The summed E-state index contributed by atoms with van der Waals surface area (Å²) >= 11 is 0. The van der Waals surface area contributed by atoms with E-state index in [2.05, 4.69) is 24.3 Å². The van der Waals surface area contributed by atoms with Gasteiger partial charge >= 0.3 is 0 Å². The second-order valence-electron chi connectivity index (χ2n) is 4.95. The van der Waals surface area contributed by atoms with E-state index in [1.54, 1.807) is 0 Å². The average Bonchev–Trinajstić information content (AvgIpc) is 2.86. The molecule has 0 bridgehead atoms. The van der Waals surface area contributed by atoms with Gasteiger partial charge in [0.2, 0.25) is 6.79 Å². The van der Waals surface area contributed by atoms with Crippen LogP contribution in [-0.2, 0) is 6.42 Å². The van der Waals surface area contributed by atoms with E-state index >= 15 is 0 Å². The molecule has 0 aromatic heterocycles. The van der Waals surface area contributed by atoms with Crippen LogP contribution >= 0.6 is 0 Å². The molecule has 2 aromatic carbocycles. The number of nitrogens with two attached hydrogens (primary N) is 1. The van der Waals surface area contributed by atoms with E-state index < -0.39 is 0 Å². The number of rotatable bonds is 3. The Hall–Kier alpha value is -2.00. The molecule has 19 heavy (non-hydrogen) atoms. The SMILES string of the molecule is CC(N)Cc1ccc(-c2ccc3c(c2)OCO3)cc1. The molecule has 2 N–H and O–H groups in total. The van der Waals surface area contributed by atoms with Crippen LogP contribution in [-0.4, -0.2) is 12.8 Å². The summed E-state index contributed by atoms with van der Waals surface area (Å²) in [5.74, 6) is 1.63. The molecule has 0 amide bonds. The fourth-order valence-electron chi connectivity index (χ4n) is 2.28. The number of hydrogen-bond donors (Lipinski definition) is 1. The van der Waals surface area contributed by atoms with Crippen LogP contribution in [0.5, 0.6) is 11.5 Å². The number of hydrogen-bond acceptors (Lipinski definition) is 3. The quantitative estimate of drug-likeness (QED) is 0.917. The number of fused-ring (bicyclic) bond motifs is 1. The summed E-state index contributed by atoms with van der Waals surface area (Å²) in [6.45, 7) is 2.33. The van der Waals surface area contributed by atoms with Gasteiger partial charge in [0.25, 0.3) is 0 Å². The third-order valence-corrected chi connectivity index (χ3v) is 3.22. The molecule has 0 radical (unpaired) electrons. The van der Waals surface area contributed by atoms with Gasteiger partial charge in [-0.25, -0.2) is 0 Å². The minimum atomic E-state index is 0.191. The van der Waals surface area contributed by atoms with Gasteiger partial charge in [-0.1, -0.05) is 30.3 Å². The van der Waals surface area contributed by atoms with Gasteiger partial charge in [-0.2, -0.15) is 0 Å². The number of benzene rings is 2. The lowest BCUT2D eigenvalue weighted by molar-refractivity contribution is 0.174. The van der Waals surface area contributed by atoms with Crippen molar-refractivity contribution in [3.8, 4) is 22.6 Å². The van der Waals surface area contributed by atoms with Crippen LogP contribution < -0.4 is 15.2 Å². The maximum Gasteiger partial charge on any atom is 0.231 e. The van der Waals surface area contributed by atoms with Crippen molar-refractivity contribution >= 4 is 0 Å². The molecule has 3 rings (SSSR count). The molecule has 3 nitrogen and oxygen atoms in total. The summed E-state index contributed by atoms with van der Waals surface area (Å²) in [6, 6.07) is 14.7. The molecule has 1 aliphatic heterocycles. The Morgan fingerprint density at radius 2 is 1.68 bits per heavy atom. The van der Waals surface area contributed by atoms with Gasteiger partial charge in [0.15, 0.2) is 11.5 Å². The molecule has 1 unspecified atom stereocenters. The van der Waals surface area contributed by atoms with E-state index in [0.29, 0.717) is 6.79 Å². The second kappa shape index (κ2) is 4.94. The van der Waals surface area contributed by atoms with Crippen molar-refractivity contribution in [1.29, 1.82) is 0 Å². The van der Waals surface area contributed by atoms with Crippen LogP contribution in [0.3, 0.4) is 0 Å². The highest BCUT2D eigenvalue weighted by atomic mass is 16.7. The Balaban J connectivity index is 1.86. The van der Waals surface area contributed by atoms with Crippen molar-refractivity contribution in [2.45, 2.75) is 19.4 Å². The molecule has 98 valence electrons. The van der Waals surface area contributed by atoms with Crippen LogP contribution in [0.1, 0.15) is 12.5 Å². The molecule has 0 spiro atoms. The predicted octanol–water partition coefficient (Wildman–Crippen LogP) is 2.97. The van der Waals surface area contributed by atoms with Gasteiger partial charge in [-0.15, -0.1) is 0 Å². The fraction of sp³-hybridized carbons (Fsp3) is 0.250. The first-order valence-corrected chi connectivity index (χ1v) is 6.47. The Kier molecular flexibility index (Phi) is 3.13. The lowest BCUT2D eigenvalue weighted by Gasteiger charge is -2.07. The molecule has 0 aliphatic carbocycles. The van der Waals surface area contributed by atoms with Crippen molar-refractivity contribution in [3.63, 3.8) is 0 Å². The van der Waals surface area contributed by atoms with Gasteiger partial charge in [0.05, 0.1) is 0 Å². The second-order valence-corrected chi connectivity index (χ2v) is 4.95. The molecule has 0 fully saturated rings. The van der Waals surface area contributed by atoms with Crippen molar-refractivity contribution in [2.75, 3.05) is 6.79 Å². The largest absolute Gasteiger partial charge is 0.454 e. The lowest BCUT2D eigenvalue weighted by Crippen LogP contribution is -2.17. The maximum absolute atomic E-state index is 5.80. The average molecular weight is 255 g/mol. The Bertz CT molecular complexity index is 576. The molecule has 1 heterocycles. The van der Waals surface area contributed by atoms with Crippen molar-refractivity contribution in [2.24, 2.45) is 5.73 Å². The van der Waals surface area contributed by atoms with Crippen LogP contribution in [0.15, 0.2) is 42.5 Å². The summed E-state index contributed by atoms with van der Waals surface area (Å²) in [6.07, 6.45) is 0.904. The Morgan fingerprint density at radius 1 is 1.00 bits per heavy atom. The van der Waals surface area contributed by atoms with Gasteiger partial charge in [-0.3, -0.25) is 0 Å². The minimum absolute atomic E-state index is 0.191. The summed E-state index contributed by atoms with van der Waals surface area (Å²) in [7, 11) is 0. The molecule has 0 saturated heterocycles. The third-order valence-electron chi connectivity index (χ3n) is 3.22. The first kappa shape index (κ1) is 12.1. The molecule has 0 saturated carbocycles.